The van der Waals surface area contributed by atoms with E-state index in [1.165, 1.54) is 4.90 Å². The lowest BCUT2D eigenvalue weighted by molar-refractivity contribution is -0.0827. The maximum absolute atomic E-state index is 13.3. The average Bonchev–Trinajstić information content (AvgIpc) is 2.04. The fraction of sp³-hybridized carbons (Fsp3) is 1.00. The molecule has 0 heterocycles. The molecule has 0 saturated carbocycles. The zero-order valence-corrected chi connectivity index (χ0v) is 10.6. The Hall–Kier alpha value is -0.180. The number of halogens is 2. The van der Waals surface area contributed by atoms with Crippen molar-refractivity contribution < 1.29 is 8.78 Å². The zero-order valence-electron chi connectivity index (χ0n) is 10.6. The van der Waals surface area contributed by atoms with E-state index in [4.69, 9.17) is 0 Å². The SMILES string of the molecule is CC.CC(C)C(C)C(F)(F)CN(C)C. The Kier molecular flexibility index (Phi) is 8.31. The minimum atomic E-state index is -2.57. The van der Waals surface area contributed by atoms with E-state index in [9.17, 15) is 8.78 Å². The van der Waals surface area contributed by atoms with Gasteiger partial charge in [0.1, 0.15) is 0 Å². The van der Waals surface area contributed by atoms with Crippen LogP contribution in [0.15, 0.2) is 0 Å². The van der Waals surface area contributed by atoms with Crippen LogP contribution in [0.25, 0.3) is 0 Å². The number of hydrogen-bond donors (Lipinski definition) is 0. The lowest BCUT2D eigenvalue weighted by atomic mass is 9.91. The minimum Gasteiger partial charge on any atom is -0.304 e. The van der Waals surface area contributed by atoms with Gasteiger partial charge in [0, 0.05) is 5.92 Å². The van der Waals surface area contributed by atoms with Gasteiger partial charge in [0.05, 0.1) is 6.54 Å². The Morgan fingerprint density at radius 1 is 1.07 bits per heavy atom. The van der Waals surface area contributed by atoms with E-state index in [0.29, 0.717) is 0 Å². The van der Waals surface area contributed by atoms with Crippen molar-refractivity contribution in [2.24, 2.45) is 11.8 Å². The van der Waals surface area contributed by atoms with Gasteiger partial charge >= 0.3 is 0 Å². The maximum Gasteiger partial charge on any atom is 0.263 e. The van der Waals surface area contributed by atoms with Crippen LogP contribution in [0, 0.1) is 11.8 Å². The van der Waals surface area contributed by atoms with Crippen molar-refractivity contribution in [2.75, 3.05) is 20.6 Å². The summed E-state index contributed by atoms with van der Waals surface area (Å²) >= 11 is 0. The van der Waals surface area contributed by atoms with Gasteiger partial charge in [-0.2, -0.15) is 0 Å². The average molecular weight is 209 g/mol. The second-order valence-corrected chi connectivity index (χ2v) is 4.03. The van der Waals surface area contributed by atoms with Crippen LogP contribution in [0.1, 0.15) is 34.6 Å². The molecule has 0 radical (unpaired) electrons. The van der Waals surface area contributed by atoms with Gasteiger partial charge in [0.2, 0.25) is 0 Å². The van der Waals surface area contributed by atoms with E-state index in [1.807, 2.05) is 27.7 Å². The Morgan fingerprint density at radius 2 is 1.43 bits per heavy atom. The minimum absolute atomic E-state index is 0.0277. The monoisotopic (exact) mass is 209 g/mol. The molecule has 3 heteroatoms. The predicted octanol–water partition coefficient (Wildman–Crippen LogP) is 3.50. The fourth-order valence-corrected chi connectivity index (χ4v) is 1.05. The summed E-state index contributed by atoms with van der Waals surface area (Å²) in [5.41, 5.74) is 0. The summed E-state index contributed by atoms with van der Waals surface area (Å²) in [6.07, 6.45) is 0. The number of nitrogens with zero attached hydrogens (tertiary/aromatic N) is 1. The molecule has 0 N–H and O–H groups in total. The lowest BCUT2D eigenvalue weighted by Crippen LogP contribution is -2.39. The van der Waals surface area contributed by atoms with E-state index in [2.05, 4.69) is 0 Å². The molecule has 0 rings (SSSR count). The van der Waals surface area contributed by atoms with Crippen LogP contribution in [-0.2, 0) is 0 Å². The van der Waals surface area contributed by atoms with Gasteiger partial charge < -0.3 is 4.90 Å². The van der Waals surface area contributed by atoms with Crippen molar-refractivity contribution in [3.63, 3.8) is 0 Å². The predicted molar refractivity (Wildman–Crippen MR) is 58.9 cm³/mol. The molecule has 0 fully saturated rings. The topological polar surface area (TPSA) is 3.24 Å². The maximum atomic E-state index is 13.3. The first-order chi connectivity index (χ1) is 6.27. The van der Waals surface area contributed by atoms with Crippen LogP contribution in [0.2, 0.25) is 0 Å². The Labute approximate surface area is 87.5 Å². The van der Waals surface area contributed by atoms with Crippen molar-refractivity contribution in [3.05, 3.63) is 0 Å². The standard InChI is InChI=1S/C9H19F2N.C2H6/c1-7(2)8(3)9(10,11)6-12(4)5;1-2/h7-8H,6H2,1-5H3;1-2H3. The molecule has 0 aromatic heterocycles. The third-order valence-corrected chi connectivity index (χ3v) is 2.19. The molecule has 0 aromatic carbocycles. The van der Waals surface area contributed by atoms with Crippen LogP contribution in [-0.4, -0.2) is 31.5 Å². The molecule has 14 heavy (non-hydrogen) atoms. The molecule has 0 saturated heterocycles. The molecule has 0 bridgehead atoms. The molecular formula is C11H25F2N. The smallest absolute Gasteiger partial charge is 0.263 e. The highest BCUT2D eigenvalue weighted by Crippen LogP contribution is 2.30. The second-order valence-electron chi connectivity index (χ2n) is 4.03. The third-order valence-electron chi connectivity index (χ3n) is 2.19. The molecule has 0 spiro atoms. The molecule has 0 aliphatic heterocycles. The molecule has 1 atom stereocenters. The molecule has 0 aromatic rings. The summed E-state index contributed by atoms with van der Waals surface area (Å²) in [5, 5.41) is 0. The van der Waals surface area contributed by atoms with Crippen LogP contribution < -0.4 is 0 Å². The normalized spacial score (nSPS) is 13.9. The number of rotatable bonds is 4. The van der Waals surface area contributed by atoms with E-state index >= 15 is 0 Å². The van der Waals surface area contributed by atoms with Gasteiger partial charge in [-0.1, -0.05) is 34.6 Å². The summed E-state index contributed by atoms with van der Waals surface area (Å²) in [4.78, 5) is 1.53. The molecular weight excluding hydrogens is 184 g/mol. The second kappa shape index (κ2) is 7.16. The van der Waals surface area contributed by atoms with Gasteiger partial charge in [-0.15, -0.1) is 0 Å². The summed E-state index contributed by atoms with van der Waals surface area (Å²) in [7, 11) is 3.34. The molecule has 88 valence electrons. The van der Waals surface area contributed by atoms with Gasteiger partial charge in [-0.3, -0.25) is 0 Å². The van der Waals surface area contributed by atoms with E-state index in [0.717, 1.165) is 0 Å². The molecule has 1 unspecified atom stereocenters. The fourth-order valence-electron chi connectivity index (χ4n) is 1.05. The summed E-state index contributed by atoms with van der Waals surface area (Å²) < 4.78 is 26.6. The quantitative estimate of drug-likeness (QED) is 0.685. The van der Waals surface area contributed by atoms with E-state index < -0.39 is 11.8 Å². The number of hydrogen-bond acceptors (Lipinski definition) is 1. The Morgan fingerprint density at radius 3 is 1.64 bits per heavy atom. The van der Waals surface area contributed by atoms with Crippen LogP contribution in [0.4, 0.5) is 8.78 Å². The van der Waals surface area contributed by atoms with E-state index in [-0.39, 0.29) is 12.5 Å². The highest BCUT2D eigenvalue weighted by molar-refractivity contribution is 4.78. The highest BCUT2D eigenvalue weighted by Gasteiger charge is 2.38. The first-order valence-electron chi connectivity index (χ1n) is 5.30. The lowest BCUT2D eigenvalue weighted by Gasteiger charge is -2.28. The Balaban J connectivity index is 0. The first kappa shape index (κ1) is 16.3. The van der Waals surface area contributed by atoms with Crippen molar-refractivity contribution in [2.45, 2.75) is 40.5 Å². The number of alkyl halides is 2. The van der Waals surface area contributed by atoms with Gasteiger partial charge in [-0.05, 0) is 20.0 Å². The van der Waals surface area contributed by atoms with Gasteiger partial charge in [0.25, 0.3) is 5.92 Å². The largest absolute Gasteiger partial charge is 0.304 e. The van der Waals surface area contributed by atoms with E-state index in [1.54, 1.807) is 21.0 Å². The van der Waals surface area contributed by atoms with Gasteiger partial charge in [-0.25, -0.2) is 8.78 Å². The van der Waals surface area contributed by atoms with Crippen molar-refractivity contribution >= 4 is 0 Å². The molecule has 0 amide bonds. The molecule has 1 nitrogen and oxygen atoms in total. The van der Waals surface area contributed by atoms with Crippen LogP contribution in [0.5, 0.6) is 0 Å². The summed E-state index contributed by atoms with van der Waals surface area (Å²) in [6.45, 7) is 9.10. The van der Waals surface area contributed by atoms with Crippen LogP contribution in [0.3, 0.4) is 0 Å². The Bertz CT molecular complexity index is 133. The van der Waals surface area contributed by atoms with Crippen molar-refractivity contribution in [1.82, 2.24) is 4.90 Å². The first-order valence-corrected chi connectivity index (χ1v) is 5.30. The summed E-state index contributed by atoms with van der Waals surface area (Å²) in [5.74, 6) is -3.10. The van der Waals surface area contributed by atoms with Crippen molar-refractivity contribution in [3.8, 4) is 0 Å². The summed E-state index contributed by atoms with van der Waals surface area (Å²) in [6, 6.07) is 0. The third kappa shape index (κ3) is 6.30. The molecule has 0 aliphatic carbocycles. The van der Waals surface area contributed by atoms with Crippen LogP contribution >= 0.6 is 0 Å². The zero-order chi connectivity index (χ0) is 11.9. The highest BCUT2D eigenvalue weighted by atomic mass is 19.3. The molecule has 0 aliphatic rings. The van der Waals surface area contributed by atoms with Gasteiger partial charge in [0.15, 0.2) is 0 Å². The van der Waals surface area contributed by atoms with Crippen molar-refractivity contribution in [1.29, 1.82) is 0 Å².